The van der Waals surface area contributed by atoms with Gasteiger partial charge in [-0.15, -0.1) is 6.42 Å². The number of nitrogens with zero attached hydrogens (tertiary/aromatic N) is 8. The van der Waals surface area contributed by atoms with E-state index in [1.807, 2.05) is 39.8 Å². The van der Waals surface area contributed by atoms with E-state index in [0.29, 0.717) is 34.7 Å². The Hall–Kier alpha value is -3.91. The molecule has 0 aliphatic carbocycles. The standard InChI is InChI=1S/C26H26ClF3N8/c1-6-11-36(25-32-15-31-23(34-25)20-12-22(27)35-38(20)17(4)5)13-18-7-9-19(10-8-18)24-33-21(26(28,29)30)14-37(24)16(2)3/h1,7-10,12,14-17H,11,13H2,2-5H3. The predicted octanol–water partition coefficient (Wildman–Crippen LogP) is 6.07. The molecule has 1 aromatic carbocycles. The van der Waals surface area contributed by atoms with Crippen molar-refractivity contribution in [1.29, 1.82) is 0 Å². The molecular formula is C26H26ClF3N8. The highest BCUT2D eigenvalue weighted by Gasteiger charge is 2.35. The van der Waals surface area contributed by atoms with Crippen LogP contribution in [0.2, 0.25) is 5.15 Å². The number of imidazole rings is 1. The zero-order valence-corrected chi connectivity index (χ0v) is 22.0. The Kier molecular flexibility index (Phi) is 7.73. The molecule has 3 heterocycles. The van der Waals surface area contributed by atoms with Crippen LogP contribution in [-0.4, -0.2) is 40.8 Å². The fourth-order valence-corrected chi connectivity index (χ4v) is 4.10. The number of anilines is 1. The molecule has 0 N–H and O–H groups in total. The summed E-state index contributed by atoms with van der Waals surface area (Å²) in [5.41, 5.74) is 1.16. The average molecular weight is 543 g/mol. The highest BCUT2D eigenvalue weighted by Crippen LogP contribution is 2.33. The van der Waals surface area contributed by atoms with Crippen LogP contribution in [0.1, 0.15) is 51.0 Å². The number of alkyl halides is 3. The molecule has 3 aromatic heterocycles. The fraction of sp³-hybridized carbons (Fsp3) is 0.346. The van der Waals surface area contributed by atoms with E-state index >= 15 is 0 Å². The van der Waals surface area contributed by atoms with Gasteiger partial charge in [0.15, 0.2) is 16.7 Å². The number of hydrogen-bond acceptors (Lipinski definition) is 6. The van der Waals surface area contributed by atoms with Gasteiger partial charge in [0.25, 0.3) is 0 Å². The fourth-order valence-electron chi connectivity index (χ4n) is 3.91. The van der Waals surface area contributed by atoms with Gasteiger partial charge in [-0.25, -0.2) is 15.0 Å². The maximum absolute atomic E-state index is 13.3. The first-order chi connectivity index (χ1) is 18.0. The number of halogens is 4. The van der Waals surface area contributed by atoms with Crippen LogP contribution in [0.4, 0.5) is 19.1 Å². The molecule has 0 unspecified atom stereocenters. The molecule has 8 nitrogen and oxygen atoms in total. The van der Waals surface area contributed by atoms with Crippen molar-refractivity contribution in [2.45, 2.75) is 52.5 Å². The summed E-state index contributed by atoms with van der Waals surface area (Å²) in [6.07, 6.45) is 3.54. The molecule has 0 saturated carbocycles. The molecule has 12 heteroatoms. The van der Waals surface area contributed by atoms with E-state index < -0.39 is 11.9 Å². The van der Waals surface area contributed by atoms with Crippen LogP contribution < -0.4 is 4.90 Å². The number of rotatable bonds is 8. The largest absolute Gasteiger partial charge is 0.434 e. The van der Waals surface area contributed by atoms with E-state index in [1.165, 1.54) is 10.9 Å². The van der Waals surface area contributed by atoms with E-state index in [2.05, 4.69) is 31.0 Å². The van der Waals surface area contributed by atoms with Crippen molar-refractivity contribution >= 4 is 17.5 Å². The van der Waals surface area contributed by atoms with Gasteiger partial charge in [0.2, 0.25) is 5.95 Å². The lowest BCUT2D eigenvalue weighted by Gasteiger charge is -2.21. The normalized spacial score (nSPS) is 11.8. The summed E-state index contributed by atoms with van der Waals surface area (Å²) in [5.74, 6) is 3.65. The second kappa shape index (κ2) is 10.8. The van der Waals surface area contributed by atoms with Crippen molar-refractivity contribution in [3.8, 4) is 35.2 Å². The van der Waals surface area contributed by atoms with Gasteiger partial charge in [0, 0.05) is 36.5 Å². The third kappa shape index (κ3) is 5.81. The SMILES string of the molecule is C#CCN(Cc1ccc(-c2nc(C(F)(F)F)cn2C(C)C)cc1)c1ncnc(-c2cc(Cl)nn2C(C)C)n1. The minimum absolute atomic E-state index is 0.0385. The van der Waals surface area contributed by atoms with Crippen LogP contribution in [-0.2, 0) is 12.7 Å². The summed E-state index contributed by atoms with van der Waals surface area (Å²) in [6, 6.07) is 8.66. The molecule has 0 spiro atoms. The van der Waals surface area contributed by atoms with Crippen LogP contribution in [0.5, 0.6) is 0 Å². The lowest BCUT2D eigenvalue weighted by molar-refractivity contribution is -0.140. The molecule has 0 bridgehead atoms. The van der Waals surface area contributed by atoms with E-state index in [0.717, 1.165) is 11.8 Å². The van der Waals surface area contributed by atoms with Crippen LogP contribution >= 0.6 is 11.6 Å². The highest BCUT2D eigenvalue weighted by molar-refractivity contribution is 6.29. The van der Waals surface area contributed by atoms with Crippen molar-refractivity contribution in [1.82, 2.24) is 34.3 Å². The van der Waals surface area contributed by atoms with E-state index in [9.17, 15) is 13.2 Å². The molecule has 4 rings (SSSR count). The molecular weight excluding hydrogens is 517 g/mol. The predicted molar refractivity (Wildman–Crippen MR) is 139 cm³/mol. The molecule has 0 saturated heterocycles. The third-order valence-electron chi connectivity index (χ3n) is 5.71. The maximum atomic E-state index is 13.3. The highest BCUT2D eigenvalue weighted by atomic mass is 35.5. The number of benzene rings is 1. The number of hydrogen-bond donors (Lipinski definition) is 0. The minimum Gasteiger partial charge on any atom is -0.328 e. The van der Waals surface area contributed by atoms with Gasteiger partial charge in [-0.2, -0.15) is 23.3 Å². The van der Waals surface area contributed by atoms with E-state index in [4.69, 9.17) is 18.0 Å². The van der Waals surface area contributed by atoms with Crippen LogP contribution in [0.25, 0.3) is 22.9 Å². The second-order valence-corrected chi connectivity index (χ2v) is 9.59. The van der Waals surface area contributed by atoms with Crippen LogP contribution in [0, 0.1) is 12.3 Å². The van der Waals surface area contributed by atoms with Crippen molar-refractivity contribution in [2.75, 3.05) is 11.4 Å². The lowest BCUT2D eigenvalue weighted by atomic mass is 10.1. The summed E-state index contributed by atoms with van der Waals surface area (Å²) in [6.45, 7) is 8.15. The monoisotopic (exact) mass is 542 g/mol. The number of terminal acetylenes is 1. The number of aromatic nitrogens is 7. The van der Waals surface area contributed by atoms with E-state index in [-0.39, 0.29) is 24.5 Å². The molecule has 0 aliphatic rings. The molecule has 38 heavy (non-hydrogen) atoms. The molecule has 4 aromatic rings. The van der Waals surface area contributed by atoms with Crippen molar-refractivity contribution < 1.29 is 13.2 Å². The van der Waals surface area contributed by atoms with Crippen LogP contribution in [0.15, 0.2) is 42.9 Å². The average Bonchev–Trinajstić information content (AvgIpc) is 3.49. The summed E-state index contributed by atoms with van der Waals surface area (Å²) in [5, 5.41) is 4.63. The Morgan fingerprint density at radius 1 is 1.05 bits per heavy atom. The van der Waals surface area contributed by atoms with Gasteiger partial charge in [-0.05, 0) is 33.3 Å². The van der Waals surface area contributed by atoms with Crippen molar-refractivity contribution in [2.24, 2.45) is 0 Å². The first-order valence-corrected chi connectivity index (χ1v) is 12.2. The van der Waals surface area contributed by atoms with Gasteiger partial charge >= 0.3 is 6.18 Å². The molecule has 0 atom stereocenters. The Labute approximate surface area is 223 Å². The first kappa shape index (κ1) is 27.1. The topological polar surface area (TPSA) is 77.5 Å². The van der Waals surface area contributed by atoms with Crippen molar-refractivity contribution in [3.05, 3.63) is 59.3 Å². The van der Waals surface area contributed by atoms with Gasteiger partial charge in [-0.3, -0.25) is 4.68 Å². The molecule has 0 aliphatic heterocycles. The van der Waals surface area contributed by atoms with Gasteiger partial charge < -0.3 is 9.47 Å². The maximum Gasteiger partial charge on any atom is 0.434 e. The zero-order chi connectivity index (χ0) is 27.6. The van der Waals surface area contributed by atoms with Gasteiger partial charge in [0.1, 0.15) is 17.8 Å². The Morgan fingerprint density at radius 2 is 1.76 bits per heavy atom. The minimum atomic E-state index is -4.52. The molecule has 198 valence electrons. The Bertz CT molecular complexity index is 1450. The third-order valence-corrected chi connectivity index (χ3v) is 5.90. The van der Waals surface area contributed by atoms with Crippen LogP contribution in [0.3, 0.4) is 0 Å². The molecule has 0 fully saturated rings. The molecule has 0 radical (unpaired) electrons. The summed E-state index contributed by atoms with van der Waals surface area (Å²) in [4.78, 5) is 18.9. The summed E-state index contributed by atoms with van der Waals surface area (Å²) < 4.78 is 43.1. The molecule has 0 amide bonds. The quantitative estimate of drug-likeness (QED) is 0.251. The Balaban J connectivity index is 1.61. The van der Waals surface area contributed by atoms with Crippen molar-refractivity contribution in [3.63, 3.8) is 0 Å². The second-order valence-electron chi connectivity index (χ2n) is 9.21. The zero-order valence-electron chi connectivity index (χ0n) is 21.3. The van der Waals surface area contributed by atoms with Gasteiger partial charge in [-0.1, -0.05) is 41.8 Å². The Morgan fingerprint density at radius 3 is 2.37 bits per heavy atom. The van der Waals surface area contributed by atoms with E-state index in [1.54, 1.807) is 27.8 Å². The first-order valence-electron chi connectivity index (χ1n) is 11.9. The lowest BCUT2D eigenvalue weighted by Crippen LogP contribution is -2.25. The van der Waals surface area contributed by atoms with Gasteiger partial charge in [0.05, 0.1) is 6.54 Å². The summed E-state index contributed by atoms with van der Waals surface area (Å²) >= 11 is 6.12. The summed E-state index contributed by atoms with van der Waals surface area (Å²) in [7, 11) is 0. The smallest absolute Gasteiger partial charge is 0.328 e.